The summed E-state index contributed by atoms with van der Waals surface area (Å²) in [5, 5.41) is 16.3. The van der Waals surface area contributed by atoms with Gasteiger partial charge in [0.2, 0.25) is 5.88 Å². The molecular formula is C13H14N4O3. The van der Waals surface area contributed by atoms with Crippen molar-refractivity contribution in [2.24, 2.45) is 5.73 Å². The van der Waals surface area contributed by atoms with Gasteiger partial charge in [-0.1, -0.05) is 6.07 Å². The van der Waals surface area contributed by atoms with E-state index in [0.717, 1.165) is 0 Å². The van der Waals surface area contributed by atoms with Crippen LogP contribution in [0.15, 0.2) is 30.6 Å². The summed E-state index contributed by atoms with van der Waals surface area (Å²) in [5.74, 6) is 1.03. The second-order valence-corrected chi connectivity index (χ2v) is 3.90. The fraction of sp³-hybridized carbons (Fsp3) is 0.154. The lowest BCUT2D eigenvalue weighted by Gasteiger charge is -2.10. The van der Waals surface area contributed by atoms with E-state index in [4.69, 9.17) is 25.7 Å². The molecule has 0 bridgehead atoms. The Kier molecular flexibility index (Phi) is 4.11. The molecular weight excluding hydrogens is 260 g/mol. The first-order valence-corrected chi connectivity index (χ1v) is 5.76. The van der Waals surface area contributed by atoms with Gasteiger partial charge < -0.3 is 20.3 Å². The monoisotopic (exact) mass is 274 g/mol. The highest BCUT2D eigenvalue weighted by Gasteiger charge is 2.08. The Hall–Kier alpha value is -2.67. The van der Waals surface area contributed by atoms with Crippen LogP contribution in [0.1, 0.15) is 11.3 Å². The van der Waals surface area contributed by atoms with E-state index in [2.05, 4.69) is 9.97 Å². The van der Waals surface area contributed by atoms with Crippen molar-refractivity contribution in [3.8, 4) is 17.4 Å². The SMILES string of the molecule is COc1cc(CO)ccc1Oc1cnc(C(=N)N)cn1. The number of hydrogen-bond donors (Lipinski definition) is 3. The quantitative estimate of drug-likeness (QED) is 0.554. The van der Waals surface area contributed by atoms with Gasteiger partial charge in [-0.15, -0.1) is 0 Å². The van der Waals surface area contributed by atoms with Crippen molar-refractivity contribution in [2.45, 2.75) is 6.61 Å². The lowest BCUT2D eigenvalue weighted by atomic mass is 10.2. The van der Waals surface area contributed by atoms with Gasteiger partial charge in [-0.2, -0.15) is 0 Å². The molecule has 7 heteroatoms. The molecule has 0 aliphatic carbocycles. The molecule has 20 heavy (non-hydrogen) atoms. The molecule has 0 aliphatic heterocycles. The molecule has 0 radical (unpaired) electrons. The van der Waals surface area contributed by atoms with Gasteiger partial charge in [-0.25, -0.2) is 9.97 Å². The molecule has 1 heterocycles. The minimum atomic E-state index is -0.158. The normalized spacial score (nSPS) is 10.1. The van der Waals surface area contributed by atoms with Crippen LogP contribution >= 0.6 is 0 Å². The Morgan fingerprint density at radius 1 is 1.30 bits per heavy atom. The molecule has 0 atom stereocenters. The van der Waals surface area contributed by atoms with Crippen molar-refractivity contribution in [1.82, 2.24) is 9.97 Å². The van der Waals surface area contributed by atoms with Gasteiger partial charge in [0.15, 0.2) is 11.5 Å². The first kappa shape index (κ1) is 13.8. The number of nitrogens with two attached hydrogens (primary N) is 1. The fourth-order valence-electron chi connectivity index (χ4n) is 1.52. The van der Waals surface area contributed by atoms with E-state index in [-0.39, 0.29) is 24.0 Å². The highest BCUT2D eigenvalue weighted by Crippen LogP contribution is 2.31. The van der Waals surface area contributed by atoms with Crippen molar-refractivity contribution in [3.05, 3.63) is 41.9 Å². The maximum atomic E-state index is 9.07. The zero-order valence-corrected chi connectivity index (χ0v) is 10.8. The average molecular weight is 274 g/mol. The van der Waals surface area contributed by atoms with Crippen LogP contribution in [-0.2, 0) is 6.61 Å². The minimum Gasteiger partial charge on any atom is -0.493 e. The summed E-state index contributed by atoms with van der Waals surface area (Å²) in [4.78, 5) is 7.95. The minimum absolute atomic E-state index is 0.0796. The molecule has 0 saturated carbocycles. The highest BCUT2D eigenvalue weighted by molar-refractivity contribution is 5.92. The van der Waals surface area contributed by atoms with Gasteiger partial charge in [0, 0.05) is 0 Å². The summed E-state index contributed by atoms with van der Waals surface area (Å²) in [6.45, 7) is -0.0796. The number of benzene rings is 1. The number of ether oxygens (including phenoxy) is 2. The number of aromatic nitrogens is 2. The zero-order valence-electron chi connectivity index (χ0n) is 10.8. The van der Waals surface area contributed by atoms with Crippen LogP contribution in [-0.4, -0.2) is 28.0 Å². The van der Waals surface area contributed by atoms with Gasteiger partial charge in [-0.3, -0.25) is 5.41 Å². The Labute approximate surface area is 115 Å². The summed E-state index contributed by atoms with van der Waals surface area (Å²) in [5.41, 5.74) is 6.28. The molecule has 1 aromatic heterocycles. The Morgan fingerprint density at radius 2 is 2.10 bits per heavy atom. The van der Waals surface area contributed by atoms with E-state index in [1.807, 2.05) is 0 Å². The Balaban J connectivity index is 2.23. The number of nitrogens with one attached hydrogen (secondary N) is 1. The second kappa shape index (κ2) is 5.98. The van der Waals surface area contributed by atoms with E-state index in [0.29, 0.717) is 17.1 Å². The number of methoxy groups -OCH3 is 1. The van der Waals surface area contributed by atoms with E-state index in [1.165, 1.54) is 19.5 Å². The van der Waals surface area contributed by atoms with Crippen LogP contribution in [0.4, 0.5) is 0 Å². The molecule has 2 rings (SSSR count). The van der Waals surface area contributed by atoms with E-state index in [1.54, 1.807) is 18.2 Å². The summed E-state index contributed by atoms with van der Waals surface area (Å²) in [6.07, 6.45) is 2.72. The topological polar surface area (TPSA) is 114 Å². The Morgan fingerprint density at radius 3 is 2.65 bits per heavy atom. The zero-order chi connectivity index (χ0) is 14.5. The van der Waals surface area contributed by atoms with Crippen LogP contribution in [0.25, 0.3) is 0 Å². The smallest absolute Gasteiger partial charge is 0.238 e. The average Bonchev–Trinajstić information content (AvgIpc) is 2.48. The van der Waals surface area contributed by atoms with Crippen LogP contribution in [0.2, 0.25) is 0 Å². The Bertz CT molecular complexity index is 614. The number of amidine groups is 1. The van der Waals surface area contributed by atoms with Crippen LogP contribution in [0.3, 0.4) is 0 Å². The third kappa shape index (κ3) is 3.01. The standard InChI is InChI=1S/C13H14N4O3/c1-19-11-4-8(7-18)2-3-10(11)20-12-6-16-9(5-17-12)13(14)15/h2-6,18H,7H2,1H3,(H3,14,15). The molecule has 0 fully saturated rings. The highest BCUT2D eigenvalue weighted by atomic mass is 16.5. The number of aliphatic hydroxyl groups is 1. The molecule has 2 aromatic rings. The number of hydrogen-bond acceptors (Lipinski definition) is 6. The lowest BCUT2D eigenvalue weighted by molar-refractivity contribution is 0.280. The van der Waals surface area contributed by atoms with Crippen LogP contribution in [0.5, 0.6) is 17.4 Å². The van der Waals surface area contributed by atoms with E-state index >= 15 is 0 Å². The van der Waals surface area contributed by atoms with Gasteiger partial charge in [-0.05, 0) is 17.7 Å². The van der Waals surface area contributed by atoms with Crippen molar-refractivity contribution in [3.63, 3.8) is 0 Å². The summed E-state index contributed by atoms with van der Waals surface area (Å²) < 4.78 is 10.7. The van der Waals surface area contributed by atoms with Gasteiger partial charge in [0.25, 0.3) is 0 Å². The molecule has 7 nitrogen and oxygen atoms in total. The molecule has 0 spiro atoms. The predicted molar refractivity (Wildman–Crippen MR) is 72.0 cm³/mol. The molecule has 104 valence electrons. The van der Waals surface area contributed by atoms with E-state index < -0.39 is 0 Å². The number of nitrogens with zero attached hydrogens (tertiary/aromatic N) is 2. The lowest BCUT2D eigenvalue weighted by Crippen LogP contribution is -2.13. The maximum absolute atomic E-state index is 9.07. The molecule has 4 N–H and O–H groups in total. The number of aliphatic hydroxyl groups excluding tert-OH is 1. The maximum Gasteiger partial charge on any atom is 0.238 e. The van der Waals surface area contributed by atoms with Crippen molar-refractivity contribution in [2.75, 3.05) is 7.11 Å². The molecule has 0 aliphatic rings. The first-order chi connectivity index (χ1) is 9.63. The van der Waals surface area contributed by atoms with Gasteiger partial charge in [0.1, 0.15) is 11.5 Å². The van der Waals surface area contributed by atoms with Crippen LogP contribution in [0, 0.1) is 5.41 Å². The summed E-state index contributed by atoms with van der Waals surface area (Å²) >= 11 is 0. The summed E-state index contributed by atoms with van der Waals surface area (Å²) in [6, 6.07) is 5.06. The molecule has 0 saturated heterocycles. The van der Waals surface area contributed by atoms with Crippen molar-refractivity contribution < 1.29 is 14.6 Å². The van der Waals surface area contributed by atoms with E-state index in [9.17, 15) is 0 Å². The summed E-state index contributed by atoms with van der Waals surface area (Å²) in [7, 11) is 1.51. The predicted octanol–water partition coefficient (Wildman–Crippen LogP) is 1.05. The second-order valence-electron chi connectivity index (χ2n) is 3.90. The van der Waals surface area contributed by atoms with Crippen molar-refractivity contribution >= 4 is 5.84 Å². The van der Waals surface area contributed by atoms with Crippen molar-refractivity contribution in [1.29, 1.82) is 5.41 Å². The van der Waals surface area contributed by atoms with Crippen LogP contribution < -0.4 is 15.2 Å². The largest absolute Gasteiger partial charge is 0.493 e. The number of rotatable bonds is 5. The number of nitrogen functional groups attached to an aromatic ring is 1. The molecule has 1 aromatic carbocycles. The fourth-order valence-corrected chi connectivity index (χ4v) is 1.52. The van der Waals surface area contributed by atoms with Gasteiger partial charge in [0.05, 0.1) is 26.1 Å². The first-order valence-electron chi connectivity index (χ1n) is 5.76. The molecule has 0 unspecified atom stereocenters. The molecule has 0 amide bonds. The van der Waals surface area contributed by atoms with Gasteiger partial charge >= 0.3 is 0 Å². The third-order valence-electron chi connectivity index (χ3n) is 2.53. The third-order valence-corrected chi connectivity index (χ3v) is 2.53.